The van der Waals surface area contributed by atoms with Crippen LogP contribution in [-0.2, 0) is 13.0 Å². The van der Waals surface area contributed by atoms with Gasteiger partial charge >= 0.3 is 0 Å². The number of benzene rings is 2. The molecule has 0 heterocycles. The minimum absolute atomic E-state index is 0.110. The van der Waals surface area contributed by atoms with Crippen LogP contribution in [0.4, 0.5) is 5.69 Å². The lowest BCUT2D eigenvalue weighted by Gasteiger charge is -2.18. The molecule has 0 unspecified atom stereocenters. The summed E-state index contributed by atoms with van der Waals surface area (Å²) < 4.78 is 11.3. The van der Waals surface area contributed by atoms with Crippen molar-refractivity contribution in [2.45, 2.75) is 39.8 Å². The first-order chi connectivity index (χ1) is 10.6. The smallest absolute Gasteiger partial charge is 0.166 e. The highest BCUT2D eigenvalue weighted by Gasteiger charge is 2.12. The van der Waals surface area contributed by atoms with E-state index < -0.39 is 0 Å². The number of hydrogen-bond acceptors (Lipinski definition) is 3. The Kier molecular flexibility index (Phi) is 5.70. The molecular weight excluding hydrogens is 274 g/mol. The molecule has 0 radical (unpaired) electrons. The molecule has 2 aromatic carbocycles. The average Bonchev–Trinajstić information content (AvgIpc) is 2.53. The highest BCUT2D eigenvalue weighted by molar-refractivity contribution is 5.50. The Hall–Kier alpha value is -2.16. The van der Waals surface area contributed by atoms with Gasteiger partial charge in [0.2, 0.25) is 0 Å². The third kappa shape index (κ3) is 4.17. The van der Waals surface area contributed by atoms with Crippen LogP contribution in [0.25, 0.3) is 0 Å². The Morgan fingerprint density at radius 1 is 1.05 bits per heavy atom. The first-order valence-corrected chi connectivity index (χ1v) is 7.79. The van der Waals surface area contributed by atoms with E-state index in [-0.39, 0.29) is 6.10 Å². The SMILES string of the molecule is CCc1ccc(NCc2cccc(OC)c2OC(C)C)cc1. The third-order valence-corrected chi connectivity index (χ3v) is 3.48. The summed E-state index contributed by atoms with van der Waals surface area (Å²) in [6.45, 7) is 6.90. The van der Waals surface area contributed by atoms with E-state index in [9.17, 15) is 0 Å². The van der Waals surface area contributed by atoms with Crippen molar-refractivity contribution in [3.05, 3.63) is 53.6 Å². The monoisotopic (exact) mass is 299 g/mol. The zero-order valence-corrected chi connectivity index (χ0v) is 13.8. The second kappa shape index (κ2) is 7.74. The van der Waals surface area contributed by atoms with Gasteiger partial charge in [-0.05, 0) is 44.0 Å². The van der Waals surface area contributed by atoms with Gasteiger partial charge in [0.1, 0.15) is 0 Å². The number of aryl methyl sites for hydroxylation is 1. The van der Waals surface area contributed by atoms with E-state index in [1.54, 1.807) is 7.11 Å². The van der Waals surface area contributed by atoms with Gasteiger partial charge in [0.05, 0.1) is 13.2 Å². The van der Waals surface area contributed by atoms with Gasteiger partial charge in [-0.2, -0.15) is 0 Å². The van der Waals surface area contributed by atoms with Crippen LogP contribution in [0, 0.1) is 0 Å². The van der Waals surface area contributed by atoms with E-state index in [1.807, 2.05) is 26.0 Å². The number of ether oxygens (including phenoxy) is 2. The van der Waals surface area contributed by atoms with E-state index in [0.717, 1.165) is 29.2 Å². The molecule has 0 aromatic heterocycles. The number of para-hydroxylation sites is 1. The Bertz CT molecular complexity index is 591. The number of methoxy groups -OCH3 is 1. The Morgan fingerprint density at radius 2 is 1.77 bits per heavy atom. The standard InChI is InChI=1S/C19H25NO2/c1-5-15-9-11-17(12-10-15)20-13-16-7-6-8-18(21-4)19(16)22-14(2)3/h6-12,14,20H,5,13H2,1-4H3. The highest BCUT2D eigenvalue weighted by Crippen LogP contribution is 2.32. The predicted octanol–water partition coefficient (Wildman–Crippen LogP) is 4.66. The maximum Gasteiger partial charge on any atom is 0.166 e. The largest absolute Gasteiger partial charge is 0.493 e. The fourth-order valence-corrected chi connectivity index (χ4v) is 2.29. The summed E-state index contributed by atoms with van der Waals surface area (Å²) in [5, 5.41) is 3.44. The molecule has 3 nitrogen and oxygen atoms in total. The molecule has 0 bridgehead atoms. The van der Waals surface area contributed by atoms with Crippen LogP contribution in [-0.4, -0.2) is 13.2 Å². The summed E-state index contributed by atoms with van der Waals surface area (Å²) >= 11 is 0. The molecule has 0 amide bonds. The van der Waals surface area contributed by atoms with Crippen molar-refractivity contribution in [2.75, 3.05) is 12.4 Å². The summed E-state index contributed by atoms with van der Waals surface area (Å²) in [5.74, 6) is 1.59. The molecule has 0 aliphatic rings. The lowest BCUT2D eigenvalue weighted by molar-refractivity contribution is 0.228. The topological polar surface area (TPSA) is 30.5 Å². The van der Waals surface area contributed by atoms with E-state index in [4.69, 9.17) is 9.47 Å². The summed E-state index contributed by atoms with van der Waals surface area (Å²) in [5.41, 5.74) is 3.54. The number of hydrogen-bond donors (Lipinski definition) is 1. The highest BCUT2D eigenvalue weighted by atomic mass is 16.5. The zero-order valence-electron chi connectivity index (χ0n) is 13.8. The summed E-state index contributed by atoms with van der Waals surface area (Å²) in [6, 6.07) is 14.5. The van der Waals surface area contributed by atoms with E-state index >= 15 is 0 Å². The van der Waals surface area contributed by atoms with Crippen molar-refractivity contribution in [1.29, 1.82) is 0 Å². The van der Waals surface area contributed by atoms with Gasteiger partial charge in [0.15, 0.2) is 11.5 Å². The number of nitrogens with one attached hydrogen (secondary N) is 1. The van der Waals surface area contributed by atoms with Gasteiger partial charge in [-0.1, -0.05) is 31.2 Å². The maximum absolute atomic E-state index is 5.93. The molecule has 22 heavy (non-hydrogen) atoms. The molecule has 0 spiro atoms. The quantitative estimate of drug-likeness (QED) is 0.806. The molecule has 0 saturated heterocycles. The van der Waals surface area contributed by atoms with Gasteiger partial charge in [-0.3, -0.25) is 0 Å². The molecule has 0 saturated carbocycles. The molecular formula is C19H25NO2. The van der Waals surface area contributed by atoms with E-state index in [1.165, 1.54) is 5.56 Å². The van der Waals surface area contributed by atoms with Crippen LogP contribution in [0.3, 0.4) is 0 Å². The van der Waals surface area contributed by atoms with Crippen LogP contribution in [0.5, 0.6) is 11.5 Å². The van der Waals surface area contributed by atoms with Crippen molar-refractivity contribution >= 4 is 5.69 Å². The summed E-state index contributed by atoms with van der Waals surface area (Å²) in [7, 11) is 1.67. The predicted molar refractivity (Wildman–Crippen MR) is 91.9 cm³/mol. The lowest BCUT2D eigenvalue weighted by Crippen LogP contribution is -2.10. The third-order valence-electron chi connectivity index (χ3n) is 3.48. The van der Waals surface area contributed by atoms with E-state index in [0.29, 0.717) is 6.54 Å². The molecule has 2 rings (SSSR count). The fraction of sp³-hybridized carbons (Fsp3) is 0.368. The zero-order chi connectivity index (χ0) is 15.9. The second-order valence-electron chi connectivity index (χ2n) is 5.52. The van der Waals surface area contributed by atoms with Crippen molar-refractivity contribution in [2.24, 2.45) is 0 Å². The molecule has 0 aliphatic heterocycles. The van der Waals surface area contributed by atoms with Crippen molar-refractivity contribution in [3.63, 3.8) is 0 Å². The van der Waals surface area contributed by atoms with Gasteiger partial charge in [0.25, 0.3) is 0 Å². The van der Waals surface area contributed by atoms with Crippen molar-refractivity contribution in [1.82, 2.24) is 0 Å². The molecule has 1 N–H and O–H groups in total. The van der Waals surface area contributed by atoms with Crippen LogP contribution in [0.1, 0.15) is 31.9 Å². The maximum atomic E-state index is 5.93. The number of rotatable bonds is 7. The van der Waals surface area contributed by atoms with Crippen molar-refractivity contribution < 1.29 is 9.47 Å². The van der Waals surface area contributed by atoms with E-state index in [2.05, 4.69) is 42.6 Å². The second-order valence-corrected chi connectivity index (χ2v) is 5.52. The Balaban J connectivity index is 2.14. The molecule has 118 valence electrons. The minimum Gasteiger partial charge on any atom is -0.493 e. The molecule has 0 aliphatic carbocycles. The fourth-order valence-electron chi connectivity index (χ4n) is 2.29. The van der Waals surface area contributed by atoms with Gasteiger partial charge < -0.3 is 14.8 Å². The average molecular weight is 299 g/mol. The number of anilines is 1. The van der Waals surface area contributed by atoms with Crippen LogP contribution >= 0.6 is 0 Å². The molecule has 3 heteroatoms. The first kappa shape index (κ1) is 16.2. The molecule has 0 atom stereocenters. The normalized spacial score (nSPS) is 10.6. The Labute approximate surface area is 133 Å². The van der Waals surface area contributed by atoms with Crippen LogP contribution < -0.4 is 14.8 Å². The van der Waals surface area contributed by atoms with Gasteiger partial charge in [-0.15, -0.1) is 0 Å². The summed E-state index contributed by atoms with van der Waals surface area (Å²) in [4.78, 5) is 0. The van der Waals surface area contributed by atoms with Crippen LogP contribution in [0.15, 0.2) is 42.5 Å². The van der Waals surface area contributed by atoms with Crippen LogP contribution in [0.2, 0.25) is 0 Å². The Morgan fingerprint density at radius 3 is 2.36 bits per heavy atom. The van der Waals surface area contributed by atoms with Crippen molar-refractivity contribution in [3.8, 4) is 11.5 Å². The molecule has 2 aromatic rings. The first-order valence-electron chi connectivity index (χ1n) is 7.79. The van der Waals surface area contributed by atoms with Gasteiger partial charge in [-0.25, -0.2) is 0 Å². The van der Waals surface area contributed by atoms with Gasteiger partial charge in [0, 0.05) is 17.8 Å². The minimum atomic E-state index is 0.110. The lowest BCUT2D eigenvalue weighted by atomic mass is 10.1. The molecule has 0 fully saturated rings. The summed E-state index contributed by atoms with van der Waals surface area (Å²) in [6.07, 6.45) is 1.17.